The SMILES string of the molecule is COC(=O)C[C@H](c1cc(OC)c(OC)cc1OC)c1c(O)cc(C)n(CCc2c[nH]c3ccccc23)c1=O. The summed E-state index contributed by atoms with van der Waals surface area (Å²) in [7, 11) is 5.75. The minimum absolute atomic E-state index is 0.0745. The van der Waals surface area contributed by atoms with Gasteiger partial charge in [0.25, 0.3) is 5.56 Å². The number of methoxy groups -OCH3 is 4. The number of fused-ring (bicyclic) bond motifs is 1. The molecule has 2 heterocycles. The third-order valence-electron chi connectivity index (χ3n) is 6.86. The molecule has 4 aromatic rings. The molecule has 0 spiro atoms. The number of aromatic hydroxyl groups is 1. The van der Waals surface area contributed by atoms with Crippen molar-refractivity contribution in [1.29, 1.82) is 0 Å². The van der Waals surface area contributed by atoms with E-state index < -0.39 is 17.4 Å². The maximum absolute atomic E-state index is 13.9. The van der Waals surface area contributed by atoms with Crippen molar-refractivity contribution in [3.05, 3.63) is 81.4 Å². The highest BCUT2D eigenvalue weighted by molar-refractivity contribution is 5.83. The highest BCUT2D eigenvalue weighted by Gasteiger charge is 2.30. The van der Waals surface area contributed by atoms with Crippen molar-refractivity contribution in [3.63, 3.8) is 0 Å². The third kappa shape index (κ3) is 5.04. The Balaban J connectivity index is 1.83. The Hall–Kier alpha value is -4.40. The van der Waals surface area contributed by atoms with Crippen molar-refractivity contribution in [3.8, 4) is 23.0 Å². The van der Waals surface area contributed by atoms with Gasteiger partial charge in [0, 0.05) is 46.9 Å². The molecule has 2 aromatic heterocycles. The average Bonchev–Trinajstić information content (AvgIpc) is 3.34. The van der Waals surface area contributed by atoms with Gasteiger partial charge < -0.3 is 33.6 Å². The molecule has 0 amide bonds. The van der Waals surface area contributed by atoms with Crippen molar-refractivity contribution < 1.29 is 28.8 Å². The highest BCUT2D eigenvalue weighted by atomic mass is 16.5. The Bertz CT molecular complexity index is 1520. The number of H-pyrrole nitrogens is 1. The molecule has 0 saturated carbocycles. The zero-order chi connectivity index (χ0) is 27.4. The zero-order valence-electron chi connectivity index (χ0n) is 22.2. The van der Waals surface area contributed by atoms with Crippen LogP contribution >= 0.6 is 0 Å². The summed E-state index contributed by atoms with van der Waals surface area (Å²) in [4.78, 5) is 29.7. The molecule has 9 nitrogen and oxygen atoms in total. The van der Waals surface area contributed by atoms with Crippen LogP contribution in [-0.4, -0.2) is 49.1 Å². The van der Waals surface area contributed by atoms with Crippen LogP contribution in [0.1, 0.15) is 34.7 Å². The number of ether oxygens (including phenoxy) is 4. The Morgan fingerprint density at radius 2 is 1.68 bits per heavy atom. The van der Waals surface area contributed by atoms with Gasteiger partial charge in [0.05, 0.1) is 40.4 Å². The van der Waals surface area contributed by atoms with Gasteiger partial charge in [-0.15, -0.1) is 0 Å². The van der Waals surface area contributed by atoms with E-state index in [0.717, 1.165) is 16.5 Å². The van der Waals surface area contributed by atoms with E-state index in [-0.39, 0.29) is 17.7 Å². The van der Waals surface area contributed by atoms with E-state index in [2.05, 4.69) is 4.98 Å². The number of aromatic nitrogens is 2. The van der Waals surface area contributed by atoms with Crippen molar-refractivity contribution in [2.24, 2.45) is 0 Å². The summed E-state index contributed by atoms with van der Waals surface area (Å²) < 4.78 is 23.0. The molecule has 0 saturated heterocycles. The summed E-state index contributed by atoms with van der Waals surface area (Å²) in [6, 6.07) is 12.8. The van der Waals surface area contributed by atoms with Crippen LogP contribution in [-0.2, 0) is 22.5 Å². The molecule has 2 N–H and O–H groups in total. The smallest absolute Gasteiger partial charge is 0.306 e. The van der Waals surface area contributed by atoms with E-state index in [9.17, 15) is 14.7 Å². The summed E-state index contributed by atoms with van der Waals surface area (Å²) in [6.45, 7) is 2.15. The zero-order valence-corrected chi connectivity index (χ0v) is 22.2. The van der Waals surface area contributed by atoms with E-state index >= 15 is 0 Å². The number of nitrogens with zero attached hydrogens (tertiary/aromatic N) is 1. The van der Waals surface area contributed by atoms with E-state index in [1.807, 2.05) is 30.5 Å². The fraction of sp³-hybridized carbons (Fsp3) is 0.310. The minimum atomic E-state index is -0.871. The van der Waals surface area contributed by atoms with Gasteiger partial charge in [-0.1, -0.05) is 18.2 Å². The molecular formula is C29H32N2O7. The Morgan fingerprint density at radius 3 is 2.37 bits per heavy atom. The third-order valence-corrected chi connectivity index (χ3v) is 6.86. The van der Waals surface area contributed by atoms with Crippen LogP contribution in [0.5, 0.6) is 23.0 Å². The fourth-order valence-electron chi connectivity index (χ4n) is 4.89. The van der Waals surface area contributed by atoms with Gasteiger partial charge in [-0.2, -0.15) is 0 Å². The molecule has 200 valence electrons. The van der Waals surface area contributed by atoms with Crippen molar-refractivity contribution >= 4 is 16.9 Å². The molecule has 0 aliphatic rings. The van der Waals surface area contributed by atoms with E-state index in [4.69, 9.17) is 18.9 Å². The lowest BCUT2D eigenvalue weighted by atomic mass is 9.87. The molecule has 4 rings (SSSR count). The lowest BCUT2D eigenvalue weighted by molar-refractivity contribution is -0.140. The first-order chi connectivity index (χ1) is 18.3. The average molecular weight is 521 g/mol. The largest absolute Gasteiger partial charge is 0.507 e. The van der Waals surface area contributed by atoms with Gasteiger partial charge in [-0.3, -0.25) is 9.59 Å². The molecule has 0 radical (unpaired) electrons. The number of aromatic amines is 1. The Kier molecular flexibility index (Phi) is 7.95. The molecule has 0 unspecified atom stereocenters. The summed E-state index contributed by atoms with van der Waals surface area (Å²) in [6.07, 6.45) is 2.34. The van der Waals surface area contributed by atoms with Crippen molar-refractivity contribution in [2.45, 2.75) is 32.2 Å². The number of carbonyl (C=O) groups excluding carboxylic acids is 1. The van der Waals surface area contributed by atoms with Crippen LogP contribution < -0.4 is 19.8 Å². The predicted octanol–water partition coefficient (Wildman–Crippen LogP) is 4.31. The highest BCUT2D eigenvalue weighted by Crippen LogP contribution is 2.43. The second kappa shape index (κ2) is 11.3. The first kappa shape index (κ1) is 26.7. The molecule has 38 heavy (non-hydrogen) atoms. The normalized spacial score (nSPS) is 11.8. The van der Waals surface area contributed by atoms with Crippen molar-refractivity contribution in [1.82, 2.24) is 9.55 Å². The Morgan fingerprint density at radius 1 is 1.00 bits per heavy atom. The number of hydrogen-bond acceptors (Lipinski definition) is 7. The number of hydrogen-bond donors (Lipinski definition) is 2. The van der Waals surface area contributed by atoms with Crippen LogP contribution in [0.2, 0.25) is 0 Å². The number of benzene rings is 2. The number of nitrogens with one attached hydrogen (secondary N) is 1. The first-order valence-electron chi connectivity index (χ1n) is 12.2. The van der Waals surface area contributed by atoms with Gasteiger partial charge in [-0.25, -0.2) is 0 Å². The van der Waals surface area contributed by atoms with Crippen LogP contribution in [0.4, 0.5) is 0 Å². The second-order valence-electron chi connectivity index (χ2n) is 8.93. The van der Waals surface area contributed by atoms with Crippen LogP contribution in [0.15, 0.2) is 53.5 Å². The molecule has 0 bridgehead atoms. The molecule has 1 atom stereocenters. The first-order valence-corrected chi connectivity index (χ1v) is 12.2. The van der Waals surface area contributed by atoms with Gasteiger partial charge in [0.15, 0.2) is 11.5 Å². The second-order valence-corrected chi connectivity index (χ2v) is 8.93. The van der Waals surface area contributed by atoms with Crippen LogP contribution in [0.3, 0.4) is 0 Å². The molecule has 0 fully saturated rings. The quantitative estimate of drug-likeness (QED) is 0.300. The molecule has 0 aliphatic heterocycles. The molecule has 9 heteroatoms. The molecule has 0 aliphatic carbocycles. The number of aryl methyl sites for hydroxylation is 2. The van der Waals surface area contributed by atoms with E-state index in [1.54, 1.807) is 29.7 Å². The van der Waals surface area contributed by atoms with Crippen LogP contribution in [0.25, 0.3) is 10.9 Å². The monoisotopic (exact) mass is 520 g/mol. The minimum Gasteiger partial charge on any atom is -0.507 e. The lowest BCUT2D eigenvalue weighted by Gasteiger charge is -2.23. The molecular weight excluding hydrogens is 488 g/mol. The number of rotatable bonds is 10. The number of para-hydroxylation sites is 1. The predicted molar refractivity (Wildman–Crippen MR) is 144 cm³/mol. The lowest BCUT2D eigenvalue weighted by Crippen LogP contribution is -2.29. The number of pyridine rings is 1. The number of carbonyl (C=O) groups is 1. The van der Waals surface area contributed by atoms with Gasteiger partial charge >= 0.3 is 5.97 Å². The van der Waals surface area contributed by atoms with Gasteiger partial charge in [0.2, 0.25) is 0 Å². The summed E-state index contributed by atoms with van der Waals surface area (Å²) in [5.74, 6) is -0.428. The van der Waals surface area contributed by atoms with E-state index in [0.29, 0.717) is 41.5 Å². The van der Waals surface area contributed by atoms with Crippen molar-refractivity contribution in [2.75, 3.05) is 28.4 Å². The summed E-state index contributed by atoms with van der Waals surface area (Å²) in [5.41, 5.74) is 2.87. The Labute approximate surface area is 220 Å². The standard InChI is InChI=1S/C29H32N2O7/c1-17-12-23(32)28(29(34)31(17)11-10-18-16-30-22-9-7-6-8-19(18)22)21(14-27(33)38-5)20-13-25(36-3)26(37-4)15-24(20)35-2/h6-9,12-13,15-16,21,30,32H,10-11,14H2,1-5H3/t21-/m1/s1. The maximum atomic E-state index is 13.9. The van der Waals surface area contributed by atoms with Gasteiger partial charge in [-0.05, 0) is 37.1 Å². The van der Waals surface area contributed by atoms with Gasteiger partial charge in [0.1, 0.15) is 11.5 Å². The molecule has 2 aromatic carbocycles. The number of esters is 1. The van der Waals surface area contributed by atoms with E-state index in [1.165, 1.54) is 28.4 Å². The fourth-order valence-corrected chi connectivity index (χ4v) is 4.89. The topological polar surface area (TPSA) is 112 Å². The summed E-state index contributed by atoms with van der Waals surface area (Å²) in [5, 5.41) is 12.1. The maximum Gasteiger partial charge on any atom is 0.306 e. The summed E-state index contributed by atoms with van der Waals surface area (Å²) >= 11 is 0. The van der Waals surface area contributed by atoms with Crippen LogP contribution in [0, 0.1) is 6.92 Å².